The summed E-state index contributed by atoms with van der Waals surface area (Å²) in [4.78, 5) is 12.3. The van der Waals surface area contributed by atoms with Crippen molar-refractivity contribution in [1.29, 1.82) is 0 Å². The zero-order valence-electron chi connectivity index (χ0n) is 28.3. The van der Waals surface area contributed by atoms with Gasteiger partial charge in [-0.25, -0.2) is 0 Å². The molecule has 0 aliphatic rings. The van der Waals surface area contributed by atoms with Crippen LogP contribution in [0, 0.1) is 0 Å². The smallest absolute Gasteiger partial charge is 0.220 e. The second kappa shape index (κ2) is 34.4. The van der Waals surface area contributed by atoms with Gasteiger partial charge in [0.15, 0.2) is 0 Å². The highest BCUT2D eigenvalue weighted by Gasteiger charge is 2.17. The third-order valence-electron chi connectivity index (χ3n) is 8.44. The fourth-order valence-corrected chi connectivity index (χ4v) is 5.55. The van der Waals surface area contributed by atoms with Crippen LogP contribution in [0.1, 0.15) is 194 Å². The Kier molecular flexibility index (Phi) is 33.4. The zero-order valence-corrected chi connectivity index (χ0v) is 28.3. The van der Waals surface area contributed by atoms with E-state index in [-0.39, 0.29) is 12.5 Å². The van der Waals surface area contributed by atoms with Crippen molar-refractivity contribution in [2.45, 2.75) is 206 Å². The molecule has 0 saturated heterocycles. The third-order valence-corrected chi connectivity index (χ3v) is 8.44. The van der Waals surface area contributed by atoms with E-state index in [1.807, 2.05) is 6.08 Å². The molecular formula is C38H73NO3. The van der Waals surface area contributed by atoms with Gasteiger partial charge in [0, 0.05) is 6.42 Å². The molecule has 0 aliphatic heterocycles. The highest BCUT2D eigenvalue weighted by Crippen LogP contribution is 2.14. The van der Waals surface area contributed by atoms with Gasteiger partial charge in [0.2, 0.25) is 5.91 Å². The van der Waals surface area contributed by atoms with Crippen LogP contribution in [0.3, 0.4) is 0 Å². The van der Waals surface area contributed by atoms with Crippen LogP contribution >= 0.6 is 0 Å². The molecule has 0 rings (SSSR count). The second-order valence-corrected chi connectivity index (χ2v) is 12.6. The molecule has 0 aromatic carbocycles. The molecule has 2 atom stereocenters. The Morgan fingerprint density at radius 1 is 0.548 bits per heavy atom. The minimum atomic E-state index is -0.856. The summed E-state index contributed by atoms with van der Waals surface area (Å²) >= 11 is 0. The van der Waals surface area contributed by atoms with Crippen molar-refractivity contribution >= 4 is 5.91 Å². The molecule has 0 bridgehead atoms. The van der Waals surface area contributed by atoms with Crippen molar-refractivity contribution in [3.8, 4) is 0 Å². The molecule has 4 nitrogen and oxygen atoms in total. The summed E-state index contributed by atoms with van der Waals surface area (Å²) in [6, 6.07) is -0.632. The van der Waals surface area contributed by atoms with Crippen LogP contribution in [-0.4, -0.2) is 34.9 Å². The predicted molar refractivity (Wildman–Crippen MR) is 184 cm³/mol. The normalized spacial score (nSPS) is 13.3. The minimum absolute atomic E-state index is 0.0735. The Balaban J connectivity index is 3.65. The quantitative estimate of drug-likeness (QED) is 0.0525. The predicted octanol–water partition coefficient (Wildman–Crippen LogP) is 10.9. The largest absolute Gasteiger partial charge is 0.394 e. The van der Waals surface area contributed by atoms with Crippen LogP contribution in [0.25, 0.3) is 0 Å². The zero-order chi connectivity index (χ0) is 30.8. The first-order valence-corrected chi connectivity index (χ1v) is 18.6. The van der Waals surface area contributed by atoms with Gasteiger partial charge in [0.05, 0.1) is 18.8 Å². The van der Waals surface area contributed by atoms with Crippen molar-refractivity contribution < 1.29 is 15.0 Å². The summed E-state index contributed by atoms with van der Waals surface area (Å²) in [6.07, 6.45) is 42.6. The summed E-state index contributed by atoms with van der Waals surface area (Å²) in [5.74, 6) is -0.0735. The molecule has 0 unspecified atom stereocenters. The molecule has 42 heavy (non-hydrogen) atoms. The molecule has 0 aromatic rings. The summed E-state index contributed by atoms with van der Waals surface area (Å²) in [6.45, 7) is 4.29. The number of hydrogen-bond acceptors (Lipinski definition) is 3. The van der Waals surface area contributed by atoms with Crippen molar-refractivity contribution in [2.75, 3.05) is 6.61 Å². The van der Waals surface area contributed by atoms with Crippen LogP contribution in [0.5, 0.6) is 0 Å². The molecule has 0 saturated carbocycles. The first-order valence-electron chi connectivity index (χ1n) is 18.6. The number of allylic oxidation sites excluding steroid dienone is 3. The molecule has 0 fully saturated rings. The van der Waals surface area contributed by atoms with Gasteiger partial charge < -0.3 is 15.5 Å². The van der Waals surface area contributed by atoms with Gasteiger partial charge in [0.1, 0.15) is 0 Å². The van der Waals surface area contributed by atoms with Gasteiger partial charge in [-0.3, -0.25) is 4.79 Å². The molecule has 4 heteroatoms. The molecule has 0 radical (unpaired) electrons. The van der Waals surface area contributed by atoms with Crippen molar-refractivity contribution in [2.24, 2.45) is 0 Å². The number of carbonyl (C=O) groups excluding carboxylic acids is 1. The third kappa shape index (κ3) is 30.3. The van der Waals surface area contributed by atoms with E-state index in [9.17, 15) is 15.0 Å². The van der Waals surface area contributed by atoms with E-state index in [0.717, 1.165) is 32.1 Å². The highest BCUT2D eigenvalue weighted by atomic mass is 16.3. The Morgan fingerprint density at radius 2 is 0.929 bits per heavy atom. The van der Waals surface area contributed by atoms with E-state index in [4.69, 9.17) is 0 Å². The molecule has 248 valence electrons. The van der Waals surface area contributed by atoms with Gasteiger partial charge in [-0.2, -0.15) is 0 Å². The van der Waals surface area contributed by atoms with E-state index in [0.29, 0.717) is 6.42 Å². The van der Waals surface area contributed by atoms with E-state index in [2.05, 4.69) is 31.3 Å². The number of aliphatic hydroxyl groups is 2. The monoisotopic (exact) mass is 592 g/mol. The van der Waals surface area contributed by atoms with Gasteiger partial charge in [0.25, 0.3) is 0 Å². The lowest BCUT2D eigenvalue weighted by molar-refractivity contribution is -0.123. The standard InChI is InChI=1S/C38H73NO3/c1-3-5-7-9-11-13-15-17-19-21-23-25-27-29-31-33-37(41)36(35-40)39-38(42)34-32-30-28-26-24-22-20-18-16-14-12-10-8-6-4-2/h23,25,31,33,36-37,40-41H,3-22,24,26-30,32,34-35H2,1-2H3,(H,39,42)/b25-23+,33-31+/t36-,37+/m0/s1. The van der Waals surface area contributed by atoms with Gasteiger partial charge in [-0.05, 0) is 32.1 Å². The maximum atomic E-state index is 12.3. The molecule has 3 N–H and O–H groups in total. The Labute approximate surface area is 262 Å². The van der Waals surface area contributed by atoms with E-state index >= 15 is 0 Å². The number of unbranched alkanes of at least 4 members (excludes halogenated alkanes) is 24. The summed E-state index contributed by atoms with van der Waals surface area (Å²) < 4.78 is 0. The van der Waals surface area contributed by atoms with E-state index in [1.165, 1.54) is 141 Å². The van der Waals surface area contributed by atoms with Crippen LogP contribution < -0.4 is 5.32 Å². The van der Waals surface area contributed by atoms with Gasteiger partial charge in [-0.15, -0.1) is 0 Å². The summed E-state index contributed by atoms with van der Waals surface area (Å²) in [7, 11) is 0. The highest BCUT2D eigenvalue weighted by molar-refractivity contribution is 5.76. The maximum Gasteiger partial charge on any atom is 0.220 e. The van der Waals surface area contributed by atoms with Crippen LogP contribution in [0.2, 0.25) is 0 Å². The molecular weight excluding hydrogens is 518 g/mol. The summed E-state index contributed by atoms with van der Waals surface area (Å²) in [5, 5.41) is 22.9. The number of carbonyl (C=O) groups is 1. The number of nitrogens with one attached hydrogen (secondary N) is 1. The lowest BCUT2D eigenvalue weighted by atomic mass is 10.0. The maximum absolute atomic E-state index is 12.3. The number of rotatable bonds is 33. The Morgan fingerprint density at radius 3 is 1.38 bits per heavy atom. The topological polar surface area (TPSA) is 69.6 Å². The number of aliphatic hydroxyl groups excluding tert-OH is 2. The SMILES string of the molecule is CCCCCCCCCCC/C=C/CC/C=C/[C@@H](O)[C@H](CO)NC(=O)CCCCCCCCCCCCCCCCC. The lowest BCUT2D eigenvalue weighted by Crippen LogP contribution is -2.45. The van der Waals surface area contributed by atoms with Crippen LogP contribution in [0.15, 0.2) is 24.3 Å². The molecule has 0 aromatic heterocycles. The first-order chi connectivity index (χ1) is 20.7. The van der Waals surface area contributed by atoms with E-state index < -0.39 is 12.1 Å². The van der Waals surface area contributed by atoms with E-state index in [1.54, 1.807) is 6.08 Å². The number of amides is 1. The average Bonchev–Trinajstić information content (AvgIpc) is 2.99. The second-order valence-electron chi connectivity index (χ2n) is 12.6. The Bertz CT molecular complexity index is 603. The van der Waals surface area contributed by atoms with Gasteiger partial charge in [-0.1, -0.05) is 179 Å². The molecule has 0 aliphatic carbocycles. The first kappa shape index (κ1) is 40.9. The van der Waals surface area contributed by atoms with Crippen molar-refractivity contribution in [3.63, 3.8) is 0 Å². The van der Waals surface area contributed by atoms with Crippen molar-refractivity contribution in [3.05, 3.63) is 24.3 Å². The fraction of sp³-hybridized carbons (Fsp3) is 0.868. The molecule has 0 spiro atoms. The Hall–Kier alpha value is -1.13. The van der Waals surface area contributed by atoms with Gasteiger partial charge >= 0.3 is 0 Å². The minimum Gasteiger partial charge on any atom is -0.394 e. The fourth-order valence-electron chi connectivity index (χ4n) is 5.55. The average molecular weight is 592 g/mol. The molecule has 0 heterocycles. The van der Waals surface area contributed by atoms with Crippen molar-refractivity contribution in [1.82, 2.24) is 5.32 Å². The van der Waals surface area contributed by atoms with Crippen LogP contribution in [-0.2, 0) is 4.79 Å². The number of hydrogen-bond donors (Lipinski definition) is 3. The summed E-state index contributed by atoms with van der Waals surface area (Å²) in [5.41, 5.74) is 0. The van der Waals surface area contributed by atoms with Crippen LogP contribution in [0.4, 0.5) is 0 Å². The lowest BCUT2D eigenvalue weighted by Gasteiger charge is -2.19. The molecule has 1 amide bonds.